The Kier molecular flexibility index (Phi) is 3.90. The molecule has 1 N–H and O–H groups in total. The lowest BCUT2D eigenvalue weighted by Crippen LogP contribution is -2.22. The summed E-state index contributed by atoms with van der Waals surface area (Å²) in [6.45, 7) is 0. The first-order valence-corrected chi connectivity index (χ1v) is 8.46. The van der Waals surface area contributed by atoms with Crippen LogP contribution in [0.25, 0.3) is 16.9 Å². The molecule has 0 aliphatic rings. The van der Waals surface area contributed by atoms with Gasteiger partial charge >= 0.3 is 5.69 Å². The third-order valence-electron chi connectivity index (χ3n) is 3.61. The SMILES string of the molecule is COc1ccc(-c2cn3c(=O)[nH]ccc3n2)cc1S(=O)(=O)N(C)C. The van der Waals surface area contributed by atoms with Gasteiger partial charge in [0.2, 0.25) is 10.0 Å². The zero-order valence-corrected chi connectivity index (χ0v) is 14.2. The van der Waals surface area contributed by atoms with Crippen molar-refractivity contribution in [3.63, 3.8) is 0 Å². The van der Waals surface area contributed by atoms with Crippen molar-refractivity contribution in [3.05, 3.63) is 47.1 Å². The first-order chi connectivity index (χ1) is 11.3. The zero-order valence-electron chi connectivity index (χ0n) is 13.3. The van der Waals surface area contributed by atoms with E-state index < -0.39 is 10.0 Å². The van der Waals surface area contributed by atoms with E-state index in [0.717, 1.165) is 4.31 Å². The third-order valence-corrected chi connectivity index (χ3v) is 5.45. The summed E-state index contributed by atoms with van der Waals surface area (Å²) in [6.07, 6.45) is 3.06. The number of nitrogens with one attached hydrogen (secondary N) is 1. The van der Waals surface area contributed by atoms with Crippen LogP contribution in [0.3, 0.4) is 0 Å². The third kappa shape index (κ3) is 2.57. The maximum absolute atomic E-state index is 12.5. The highest BCUT2D eigenvalue weighted by molar-refractivity contribution is 7.89. The van der Waals surface area contributed by atoms with Gasteiger partial charge in [-0.15, -0.1) is 0 Å². The fourth-order valence-corrected chi connectivity index (χ4v) is 3.38. The average Bonchev–Trinajstić information content (AvgIpc) is 2.99. The lowest BCUT2D eigenvalue weighted by atomic mass is 10.1. The molecule has 2 aromatic heterocycles. The van der Waals surface area contributed by atoms with Crippen molar-refractivity contribution in [2.24, 2.45) is 0 Å². The number of benzene rings is 1. The Morgan fingerprint density at radius 3 is 2.62 bits per heavy atom. The Morgan fingerprint density at radius 2 is 2.00 bits per heavy atom. The summed E-state index contributed by atoms with van der Waals surface area (Å²) in [5.74, 6) is 0.245. The van der Waals surface area contributed by atoms with Gasteiger partial charge in [0.25, 0.3) is 0 Å². The summed E-state index contributed by atoms with van der Waals surface area (Å²) in [4.78, 5) is 18.7. The molecule has 126 valence electrons. The number of aromatic amines is 1. The van der Waals surface area contributed by atoms with Gasteiger partial charge in [-0.1, -0.05) is 0 Å². The molecule has 0 radical (unpaired) electrons. The summed E-state index contributed by atoms with van der Waals surface area (Å²) in [5, 5.41) is 0. The molecule has 0 bridgehead atoms. The number of sulfonamides is 1. The highest BCUT2D eigenvalue weighted by atomic mass is 32.2. The number of hydrogen-bond acceptors (Lipinski definition) is 5. The monoisotopic (exact) mass is 348 g/mol. The molecule has 0 aliphatic heterocycles. The van der Waals surface area contributed by atoms with E-state index in [4.69, 9.17) is 4.74 Å². The van der Waals surface area contributed by atoms with Gasteiger partial charge in [0.15, 0.2) is 0 Å². The molecule has 3 aromatic rings. The van der Waals surface area contributed by atoms with Crippen molar-refractivity contribution < 1.29 is 13.2 Å². The predicted octanol–water partition coefficient (Wildman–Crippen LogP) is 0.948. The van der Waals surface area contributed by atoms with Crippen molar-refractivity contribution in [1.82, 2.24) is 18.7 Å². The van der Waals surface area contributed by atoms with E-state index in [1.807, 2.05) is 0 Å². The van der Waals surface area contributed by atoms with Crippen molar-refractivity contribution in [2.75, 3.05) is 21.2 Å². The number of aromatic nitrogens is 3. The first-order valence-electron chi connectivity index (χ1n) is 7.02. The molecule has 0 atom stereocenters. The van der Waals surface area contributed by atoms with Crippen LogP contribution in [0.15, 0.2) is 46.3 Å². The largest absolute Gasteiger partial charge is 0.495 e. The van der Waals surface area contributed by atoms with Gasteiger partial charge in [-0.2, -0.15) is 0 Å². The fourth-order valence-electron chi connectivity index (χ4n) is 2.31. The van der Waals surface area contributed by atoms with Gasteiger partial charge < -0.3 is 9.72 Å². The molecular weight excluding hydrogens is 332 g/mol. The number of hydrogen-bond donors (Lipinski definition) is 1. The van der Waals surface area contributed by atoms with E-state index >= 15 is 0 Å². The minimum atomic E-state index is -3.68. The van der Waals surface area contributed by atoms with Crippen LogP contribution in [0.4, 0.5) is 0 Å². The van der Waals surface area contributed by atoms with Crippen molar-refractivity contribution >= 4 is 15.7 Å². The second-order valence-electron chi connectivity index (χ2n) is 5.29. The lowest BCUT2D eigenvalue weighted by molar-refractivity contribution is 0.400. The molecule has 0 aliphatic carbocycles. The molecule has 0 saturated carbocycles. The topological polar surface area (TPSA) is 96.8 Å². The van der Waals surface area contributed by atoms with E-state index in [9.17, 15) is 13.2 Å². The summed E-state index contributed by atoms with van der Waals surface area (Å²) in [6, 6.07) is 6.42. The van der Waals surface area contributed by atoms with E-state index in [0.29, 0.717) is 16.9 Å². The summed E-state index contributed by atoms with van der Waals surface area (Å²) >= 11 is 0. The molecule has 3 rings (SSSR count). The van der Waals surface area contributed by atoms with Crippen molar-refractivity contribution in [1.29, 1.82) is 0 Å². The number of methoxy groups -OCH3 is 1. The van der Waals surface area contributed by atoms with Crippen molar-refractivity contribution in [2.45, 2.75) is 4.90 Å². The van der Waals surface area contributed by atoms with Crippen LogP contribution in [-0.2, 0) is 10.0 Å². The second-order valence-corrected chi connectivity index (χ2v) is 7.41. The summed E-state index contributed by atoms with van der Waals surface area (Å²) in [5.41, 5.74) is 1.21. The maximum Gasteiger partial charge on any atom is 0.331 e. The van der Waals surface area contributed by atoms with Crippen LogP contribution >= 0.6 is 0 Å². The van der Waals surface area contributed by atoms with Crippen LogP contribution < -0.4 is 10.4 Å². The predicted molar refractivity (Wildman–Crippen MR) is 88.7 cm³/mol. The molecule has 2 heterocycles. The van der Waals surface area contributed by atoms with Gasteiger partial charge in [-0.05, 0) is 24.3 Å². The standard InChI is InChI=1S/C15H16N4O4S/c1-18(2)24(21,22)13-8-10(4-5-12(13)23-3)11-9-19-14(17-11)6-7-16-15(19)20/h4-9H,1-3H3,(H,16,20). The number of imidazole rings is 1. The van der Waals surface area contributed by atoms with Crippen molar-refractivity contribution in [3.8, 4) is 17.0 Å². The van der Waals surface area contributed by atoms with Gasteiger partial charge in [0.05, 0.1) is 12.8 Å². The number of nitrogens with zero attached hydrogens (tertiary/aromatic N) is 3. The Balaban J connectivity index is 2.22. The molecule has 0 fully saturated rings. The Hall–Kier alpha value is -2.65. The zero-order chi connectivity index (χ0) is 17.5. The molecule has 0 unspecified atom stereocenters. The molecule has 0 amide bonds. The first kappa shape index (κ1) is 16.2. The summed E-state index contributed by atoms with van der Waals surface area (Å²) in [7, 11) is 0.629. The normalized spacial score (nSPS) is 12.0. The molecule has 0 saturated heterocycles. The average molecular weight is 348 g/mol. The highest BCUT2D eigenvalue weighted by Gasteiger charge is 2.23. The lowest BCUT2D eigenvalue weighted by Gasteiger charge is -2.15. The molecule has 8 nitrogen and oxygen atoms in total. The van der Waals surface area contributed by atoms with Gasteiger partial charge in [-0.3, -0.25) is 4.40 Å². The molecular formula is C15H16N4O4S. The minimum absolute atomic E-state index is 0.0402. The van der Waals surface area contributed by atoms with Crippen LogP contribution in [0.1, 0.15) is 0 Å². The molecule has 1 aromatic carbocycles. The number of fused-ring (bicyclic) bond motifs is 1. The number of rotatable bonds is 4. The smallest absolute Gasteiger partial charge is 0.331 e. The highest BCUT2D eigenvalue weighted by Crippen LogP contribution is 2.30. The molecule has 0 spiro atoms. The van der Waals surface area contributed by atoms with Crippen LogP contribution in [-0.4, -0.2) is 48.3 Å². The Bertz CT molecular complexity index is 1070. The minimum Gasteiger partial charge on any atom is -0.495 e. The quantitative estimate of drug-likeness (QED) is 0.757. The molecule has 9 heteroatoms. The Morgan fingerprint density at radius 1 is 1.25 bits per heavy atom. The van der Waals surface area contributed by atoms with E-state index in [1.54, 1.807) is 24.4 Å². The Labute approximate surface area is 138 Å². The van der Waals surface area contributed by atoms with Crippen LogP contribution in [0.2, 0.25) is 0 Å². The molecule has 24 heavy (non-hydrogen) atoms. The van der Waals surface area contributed by atoms with E-state index in [-0.39, 0.29) is 16.3 Å². The summed E-state index contributed by atoms with van der Waals surface area (Å²) < 4.78 is 32.6. The second kappa shape index (κ2) is 5.77. The number of H-pyrrole nitrogens is 1. The van der Waals surface area contributed by atoms with Crippen LogP contribution in [0.5, 0.6) is 5.75 Å². The van der Waals surface area contributed by atoms with Crippen LogP contribution in [0, 0.1) is 0 Å². The fraction of sp³-hybridized carbons (Fsp3) is 0.200. The van der Waals surface area contributed by atoms with Gasteiger partial charge in [-0.25, -0.2) is 22.5 Å². The van der Waals surface area contributed by atoms with E-state index in [2.05, 4.69) is 9.97 Å². The van der Waals surface area contributed by atoms with E-state index in [1.165, 1.54) is 37.9 Å². The maximum atomic E-state index is 12.5. The number of ether oxygens (including phenoxy) is 1. The van der Waals surface area contributed by atoms with Gasteiger partial charge in [0, 0.05) is 32.1 Å². The van der Waals surface area contributed by atoms with Gasteiger partial charge in [0.1, 0.15) is 16.3 Å².